The van der Waals surface area contributed by atoms with E-state index >= 15 is 0 Å². The summed E-state index contributed by atoms with van der Waals surface area (Å²) >= 11 is 5.76. The van der Waals surface area contributed by atoms with E-state index in [1.165, 1.54) is 18.2 Å². The van der Waals surface area contributed by atoms with E-state index in [2.05, 4.69) is 21.3 Å². The molecule has 1 aromatic rings. The lowest BCUT2D eigenvalue weighted by atomic mass is 9.95. The molecule has 3 atom stereocenters. The summed E-state index contributed by atoms with van der Waals surface area (Å²) < 4.78 is 14.0. The normalized spacial score (nSPS) is 18.6. The first-order valence-electron chi connectivity index (χ1n) is 12.3. The number of carbonyl (C=O) groups excluding carboxylic acids is 5. The molecule has 1 saturated heterocycles. The van der Waals surface area contributed by atoms with Crippen LogP contribution in [0.5, 0.6) is 0 Å². The molecule has 1 saturated carbocycles. The standard InChI is InChI=1S/C25H32ClFN4O5/c1-2-28-25(36)22(33)19(12-16-9-10-29-23(16)34)31-24(35)20(11-14-3-4-14)30-21(32)8-6-15-5-7-17(26)13-18(15)27/h5,7,13-14,16,19-20H,2-4,6,8-12H2,1H3,(H,28,36)(H,29,34)(H,30,32)(H,31,35)/t16-,19?,20-/m0/s1. The zero-order valence-electron chi connectivity index (χ0n) is 20.2. The fraction of sp³-hybridized carbons (Fsp3) is 0.560. The number of halogens is 2. The van der Waals surface area contributed by atoms with Crippen LogP contribution < -0.4 is 21.3 Å². The summed E-state index contributed by atoms with van der Waals surface area (Å²) in [5.74, 6) is -3.66. The van der Waals surface area contributed by atoms with Gasteiger partial charge in [0.05, 0.1) is 6.04 Å². The van der Waals surface area contributed by atoms with Gasteiger partial charge in [-0.2, -0.15) is 0 Å². The van der Waals surface area contributed by atoms with E-state index in [0.29, 0.717) is 24.9 Å². The molecule has 1 aromatic carbocycles. The smallest absolute Gasteiger partial charge is 0.289 e. The third kappa shape index (κ3) is 8.01. The Labute approximate surface area is 214 Å². The Morgan fingerprint density at radius 1 is 1.11 bits per heavy atom. The van der Waals surface area contributed by atoms with Gasteiger partial charge in [-0.3, -0.25) is 24.0 Å². The second-order valence-corrected chi connectivity index (χ2v) is 9.77. The molecule has 2 fully saturated rings. The van der Waals surface area contributed by atoms with Gasteiger partial charge in [-0.15, -0.1) is 0 Å². The molecule has 1 aliphatic heterocycles. The zero-order valence-corrected chi connectivity index (χ0v) is 21.0. The van der Waals surface area contributed by atoms with Crippen molar-refractivity contribution in [1.82, 2.24) is 21.3 Å². The van der Waals surface area contributed by atoms with Crippen molar-refractivity contribution in [2.75, 3.05) is 13.1 Å². The predicted molar refractivity (Wildman–Crippen MR) is 130 cm³/mol. The summed E-state index contributed by atoms with van der Waals surface area (Å²) in [7, 11) is 0. The molecule has 0 radical (unpaired) electrons. The molecule has 0 bridgehead atoms. The topological polar surface area (TPSA) is 133 Å². The van der Waals surface area contributed by atoms with Gasteiger partial charge in [0.1, 0.15) is 11.9 Å². The number of rotatable bonds is 13. The molecule has 11 heteroatoms. The quantitative estimate of drug-likeness (QED) is 0.291. The van der Waals surface area contributed by atoms with Crippen molar-refractivity contribution in [3.05, 3.63) is 34.6 Å². The predicted octanol–water partition coefficient (Wildman–Crippen LogP) is 1.41. The van der Waals surface area contributed by atoms with E-state index in [4.69, 9.17) is 11.6 Å². The molecule has 196 valence electrons. The summed E-state index contributed by atoms with van der Waals surface area (Å²) in [5.41, 5.74) is 0.334. The van der Waals surface area contributed by atoms with Crippen LogP contribution in [-0.4, -0.2) is 54.6 Å². The van der Waals surface area contributed by atoms with Gasteiger partial charge < -0.3 is 21.3 Å². The Hall–Kier alpha value is -3.01. The Morgan fingerprint density at radius 2 is 1.86 bits per heavy atom. The number of likely N-dealkylation sites (N-methyl/N-ethyl adjacent to an activating group) is 1. The van der Waals surface area contributed by atoms with Crippen molar-refractivity contribution < 1.29 is 28.4 Å². The van der Waals surface area contributed by atoms with Gasteiger partial charge >= 0.3 is 0 Å². The number of ketones is 1. The van der Waals surface area contributed by atoms with E-state index in [-0.39, 0.29) is 42.7 Å². The number of nitrogens with one attached hydrogen (secondary N) is 4. The van der Waals surface area contributed by atoms with Crippen LogP contribution in [0.3, 0.4) is 0 Å². The second kappa shape index (κ2) is 12.8. The highest BCUT2D eigenvalue weighted by atomic mass is 35.5. The van der Waals surface area contributed by atoms with Gasteiger partial charge in [-0.25, -0.2) is 4.39 Å². The maximum atomic E-state index is 14.0. The highest BCUT2D eigenvalue weighted by Gasteiger charge is 2.36. The van der Waals surface area contributed by atoms with Crippen molar-refractivity contribution in [2.24, 2.45) is 11.8 Å². The van der Waals surface area contributed by atoms with E-state index < -0.39 is 47.3 Å². The highest BCUT2D eigenvalue weighted by molar-refractivity contribution is 6.38. The van der Waals surface area contributed by atoms with Gasteiger partial charge in [-0.1, -0.05) is 30.5 Å². The third-order valence-electron chi connectivity index (χ3n) is 6.43. The first-order valence-corrected chi connectivity index (χ1v) is 12.7. The number of amides is 4. The molecule has 4 N–H and O–H groups in total. The molecule has 9 nitrogen and oxygen atoms in total. The molecular weight excluding hydrogens is 491 g/mol. The van der Waals surface area contributed by atoms with Crippen molar-refractivity contribution in [2.45, 2.75) is 64.0 Å². The number of hydrogen-bond donors (Lipinski definition) is 4. The molecule has 1 unspecified atom stereocenters. The molecule has 3 rings (SSSR count). The van der Waals surface area contributed by atoms with Gasteiger partial charge in [0, 0.05) is 30.5 Å². The largest absolute Gasteiger partial charge is 0.356 e. The lowest BCUT2D eigenvalue weighted by Crippen LogP contribution is -2.54. The summed E-state index contributed by atoms with van der Waals surface area (Å²) in [6, 6.07) is 2.11. The Bertz CT molecular complexity index is 1020. The lowest BCUT2D eigenvalue weighted by molar-refractivity contribution is -0.141. The van der Waals surface area contributed by atoms with Crippen LogP contribution in [0.25, 0.3) is 0 Å². The van der Waals surface area contributed by atoms with Crippen LogP contribution in [0.2, 0.25) is 5.02 Å². The van der Waals surface area contributed by atoms with E-state index in [9.17, 15) is 28.4 Å². The highest BCUT2D eigenvalue weighted by Crippen LogP contribution is 2.33. The zero-order chi connectivity index (χ0) is 26.2. The molecule has 2 aliphatic rings. The fourth-order valence-corrected chi connectivity index (χ4v) is 4.38. The Morgan fingerprint density at radius 3 is 2.47 bits per heavy atom. The Kier molecular flexibility index (Phi) is 9.81. The average Bonchev–Trinajstić information content (AvgIpc) is 3.56. The number of hydrogen-bond acceptors (Lipinski definition) is 5. The number of benzene rings is 1. The van der Waals surface area contributed by atoms with Gasteiger partial charge in [0.2, 0.25) is 23.5 Å². The van der Waals surface area contributed by atoms with Crippen molar-refractivity contribution in [3.8, 4) is 0 Å². The monoisotopic (exact) mass is 522 g/mol. The summed E-state index contributed by atoms with van der Waals surface area (Å²) in [4.78, 5) is 62.8. The Balaban J connectivity index is 1.65. The molecule has 0 spiro atoms. The van der Waals surface area contributed by atoms with Gasteiger partial charge in [-0.05, 0) is 56.2 Å². The number of aryl methyl sites for hydroxylation is 1. The van der Waals surface area contributed by atoms with E-state index in [1.54, 1.807) is 6.92 Å². The van der Waals surface area contributed by atoms with Crippen molar-refractivity contribution in [1.29, 1.82) is 0 Å². The maximum Gasteiger partial charge on any atom is 0.289 e. The van der Waals surface area contributed by atoms with Crippen molar-refractivity contribution in [3.63, 3.8) is 0 Å². The van der Waals surface area contributed by atoms with Crippen LogP contribution in [-0.2, 0) is 30.4 Å². The molecule has 4 amide bonds. The minimum Gasteiger partial charge on any atom is -0.356 e. The summed E-state index contributed by atoms with van der Waals surface area (Å²) in [6.07, 6.45) is 2.82. The number of carbonyl (C=O) groups is 5. The van der Waals surface area contributed by atoms with Crippen LogP contribution in [0.1, 0.15) is 51.0 Å². The third-order valence-corrected chi connectivity index (χ3v) is 6.67. The number of Topliss-reactive ketones (excluding diaryl/α,β-unsaturated/α-hetero) is 1. The lowest BCUT2D eigenvalue weighted by Gasteiger charge is -2.24. The first kappa shape index (κ1) is 27.6. The SMILES string of the molecule is CCNC(=O)C(=O)C(C[C@@H]1CCNC1=O)NC(=O)[C@H](CC1CC1)NC(=O)CCc1ccc(Cl)cc1F. The summed E-state index contributed by atoms with van der Waals surface area (Å²) in [5, 5.41) is 10.7. The minimum absolute atomic E-state index is 0.00647. The minimum atomic E-state index is -1.19. The van der Waals surface area contributed by atoms with Gasteiger partial charge in [0.15, 0.2) is 0 Å². The second-order valence-electron chi connectivity index (χ2n) is 9.33. The van der Waals surface area contributed by atoms with Crippen LogP contribution >= 0.6 is 11.6 Å². The molecular formula is C25H32ClFN4O5. The van der Waals surface area contributed by atoms with Crippen LogP contribution in [0.4, 0.5) is 4.39 Å². The molecule has 36 heavy (non-hydrogen) atoms. The summed E-state index contributed by atoms with van der Waals surface area (Å²) in [6.45, 7) is 2.37. The molecule has 1 heterocycles. The van der Waals surface area contributed by atoms with E-state index in [1.807, 2.05) is 0 Å². The average molecular weight is 523 g/mol. The maximum absolute atomic E-state index is 14.0. The first-order chi connectivity index (χ1) is 17.2. The van der Waals surface area contributed by atoms with E-state index in [0.717, 1.165) is 12.8 Å². The van der Waals surface area contributed by atoms with Crippen LogP contribution in [0.15, 0.2) is 18.2 Å². The van der Waals surface area contributed by atoms with Gasteiger partial charge in [0.25, 0.3) is 5.91 Å². The molecule has 0 aromatic heterocycles. The van der Waals surface area contributed by atoms with Crippen LogP contribution in [0, 0.1) is 17.7 Å². The fourth-order valence-electron chi connectivity index (χ4n) is 4.22. The van der Waals surface area contributed by atoms with Crippen molar-refractivity contribution >= 4 is 41.0 Å². The molecule has 1 aliphatic carbocycles.